The van der Waals surface area contributed by atoms with Crippen LogP contribution in [0.15, 0.2) is 23.8 Å². The highest BCUT2D eigenvalue weighted by molar-refractivity contribution is 5.66. The number of esters is 1. The van der Waals surface area contributed by atoms with Crippen LogP contribution < -0.4 is 0 Å². The fourth-order valence-electron chi connectivity index (χ4n) is 8.43. The average Bonchev–Trinajstić information content (AvgIpc) is 3.08. The minimum atomic E-state index is -0.103. The fraction of sp³-hybridized carbons (Fsp3) is 0.833. The monoisotopic (exact) mass is 440 g/mol. The molecule has 3 saturated carbocycles. The Bertz CT molecular complexity index is 763. The lowest BCUT2D eigenvalue weighted by Crippen LogP contribution is -2.52. The molecule has 4 aliphatic carbocycles. The zero-order valence-corrected chi connectivity index (χ0v) is 21.8. The van der Waals surface area contributed by atoms with Gasteiger partial charge in [0.05, 0.1) is 0 Å². The van der Waals surface area contributed by atoms with Crippen molar-refractivity contribution in [3.8, 4) is 0 Å². The van der Waals surface area contributed by atoms with Crippen LogP contribution in [0.4, 0.5) is 0 Å². The highest BCUT2D eigenvalue weighted by atomic mass is 16.5. The summed E-state index contributed by atoms with van der Waals surface area (Å²) in [5.41, 5.74) is 2.65. The van der Waals surface area contributed by atoms with E-state index in [-0.39, 0.29) is 12.1 Å². The molecule has 0 aromatic heterocycles. The molecule has 4 rings (SSSR count). The Kier molecular flexibility index (Phi) is 6.74. The second-order valence-corrected chi connectivity index (χ2v) is 12.8. The summed E-state index contributed by atoms with van der Waals surface area (Å²) in [6.45, 7) is 16.2. The van der Waals surface area contributed by atoms with Crippen LogP contribution in [0, 0.1) is 52.3 Å². The van der Waals surface area contributed by atoms with Crippen molar-refractivity contribution in [3.05, 3.63) is 23.8 Å². The van der Waals surface area contributed by atoms with Crippen LogP contribution in [0.25, 0.3) is 0 Å². The smallest absolute Gasteiger partial charge is 0.302 e. The number of rotatable bonds is 5. The number of fused-ring (bicyclic) bond motifs is 5. The molecule has 4 aliphatic rings. The molecule has 0 bridgehead atoms. The summed E-state index contributed by atoms with van der Waals surface area (Å²) in [5.74, 6) is 5.02. The minimum absolute atomic E-state index is 0.103. The second kappa shape index (κ2) is 8.95. The minimum Gasteiger partial charge on any atom is -0.463 e. The van der Waals surface area contributed by atoms with Gasteiger partial charge in [-0.1, -0.05) is 65.3 Å². The third-order valence-electron chi connectivity index (χ3n) is 10.8. The molecule has 9 atom stereocenters. The Hall–Kier alpha value is -1.05. The topological polar surface area (TPSA) is 26.3 Å². The third kappa shape index (κ3) is 4.14. The molecule has 0 radical (unpaired) electrons. The van der Waals surface area contributed by atoms with Gasteiger partial charge in [-0.25, -0.2) is 0 Å². The highest BCUT2D eigenvalue weighted by Crippen LogP contribution is 2.66. The van der Waals surface area contributed by atoms with Crippen LogP contribution in [0.1, 0.15) is 99.8 Å². The molecule has 2 heteroatoms. The van der Waals surface area contributed by atoms with Gasteiger partial charge in [0.25, 0.3) is 0 Å². The Morgan fingerprint density at radius 1 is 1.06 bits per heavy atom. The summed E-state index contributed by atoms with van der Waals surface area (Å²) in [6, 6.07) is 0. The van der Waals surface area contributed by atoms with Gasteiger partial charge in [0.15, 0.2) is 0 Å². The van der Waals surface area contributed by atoms with Crippen molar-refractivity contribution >= 4 is 5.97 Å². The van der Waals surface area contributed by atoms with Gasteiger partial charge in [-0.15, -0.1) is 0 Å². The third-order valence-corrected chi connectivity index (χ3v) is 10.8. The second-order valence-electron chi connectivity index (χ2n) is 12.8. The molecule has 0 spiro atoms. The van der Waals surface area contributed by atoms with E-state index in [1.807, 2.05) is 5.57 Å². The lowest BCUT2D eigenvalue weighted by atomic mass is 9.45. The normalized spacial score (nSPS) is 43.2. The van der Waals surface area contributed by atoms with Gasteiger partial charge < -0.3 is 4.74 Å². The number of hydrogen-bond acceptors (Lipinski definition) is 2. The SMILES string of the molecule is CC(=O)O[C@H]1CC[C@@]2(C)[C@@H](CC[C@H]3C4=CC[C@H]([C@H](C)/C=C/[C@@H](C)C(C)C)[C@@]4(C)CC[C@@H]32)C1. The number of carbonyl (C=O) groups excluding carboxylic acids is 1. The maximum atomic E-state index is 11.5. The number of allylic oxidation sites excluding steroid dienone is 4. The summed E-state index contributed by atoms with van der Waals surface area (Å²) >= 11 is 0. The first-order chi connectivity index (χ1) is 15.1. The van der Waals surface area contributed by atoms with E-state index in [9.17, 15) is 4.79 Å². The van der Waals surface area contributed by atoms with Crippen molar-refractivity contribution < 1.29 is 9.53 Å². The van der Waals surface area contributed by atoms with Gasteiger partial charge >= 0.3 is 5.97 Å². The van der Waals surface area contributed by atoms with Crippen molar-refractivity contribution in [2.45, 2.75) is 106 Å². The lowest BCUT2D eigenvalue weighted by molar-refractivity contribution is -0.155. The van der Waals surface area contributed by atoms with E-state index in [1.54, 1.807) is 6.92 Å². The van der Waals surface area contributed by atoms with Crippen LogP contribution in [-0.4, -0.2) is 12.1 Å². The van der Waals surface area contributed by atoms with Gasteiger partial charge in [-0.05, 0) is 104 Å². The molecule has 0 aliphatic heterocycles. The molecular formula is C30H48O2. The Labute approximate surface area is 197 Å². The van der Waals surface area contributed by atoms with Crippen LogP contribution in [0.2, 0.25) is 0 Å². The molecule has 0 N–H and O–H groups in total. The highest BCUT2D eigenvalue weighted by Gasteiger charge is 2.58. The molecule has 0 saturated heterocycles. The maximum Gasteiger partial charge on any atom is 0.302 e. The first kappa shape index (κ1) is 24.1. The van der Waals surface area contributed by atoms with Crippen LogP contribution in [0.5, 0.6) is 0 Å². The van der Waals surface area contributed by atoms with E-state index in [0.717, 1.165) is 36.5 Å². The van der Waals surface area contributed by atoms with Crippen molar-refractivity contribution in [1.29, 1.82) is 0 Å². The van der Waals surface area contributed by atoms with E-state index in [2.05, 4.69) is 59.8 Å². The molecule has 2 nitrogen and oxygen atoms in total. The summed E-state index contributed by atoms with van der Waals surface area (Å²) in [5, 5.41) is 0. The Balaban J connectivity index is 1.48. The molecule has 0 unspecified atom stereocenters. The zero-order chi connectivity index (χ0) is 23.3. The van der Waals surface area contributed by atoms with E-state index in [1.165, 1.54) is 38.5 Å². The molecule has 0 aromatic carbocycles. The van der Waals surface area contributed by atoms with Crippen LogP contribution in [-0.2, 0) is 9.53 Å². The van der Waals surface area contributed by atoms with Crippen LogP contribution >= 0.6 is 0 Å². The predicted octanol–water partition coefficient (Wildman–Crippen LogP) is 7.98. The molecule has 32 heavy (non-hydrogen) atoms. The van der Waals surface area contributed by atoms with Gasteiger partial charge in [-0.3, -0.25) is 4.79 Å². The van der Waals surface area contributed by atoms with Crippen molar-refractivity contribution in [1.82, 2.24) is 0 Å². The first-order valence-electron chi connectivity index (χ1n) is 13.6. The number of carbonyl (C=O) groups is 1. The van der Waals surface area contributed by atoms with E-state index in [4.69, 9.17) is 4.74 Å². The molecule has 0 amide bonds. The largest absolute Gasteiger partial charge is 0.463 e. The summed E-state index contributed by atoms with van der Waals surface area (Å²) < 4.78 is 5.64. The maximum absolute atomic E-state index is 11.5. The zero-order valence-electron chi connectivity index (χ0n) is 21.8. The van der Waals surface area contributed by atoms with E-state index < -0.39 is 0 Å². The van der Waals surface area contributed by atoms with Crippen molar-refractivity contribution in [2.24, 2.45) is 52.3 Å². The van der Waals surface area contributed by atoms with Crippen molar-refractivity contribution in [2.75, 3.05) is 0 Å². The summed E-state index contributed by atoms with van der Waals surface area (Å²) in [4.78, 5) is 11.5. The summed E-state index contributed by atoms with van der Waals surface area (Å²) in [7, 11) is 0. The van der Waals surface area contributed by atoms with E-state index in [0.29, 0.717) is 28.6 Å². The molecule has 180 valence electrons. The van der Waals surface area contributed by atoms with E-state index >= 15 is 0 Å². The lowest BCUT2D eigenvalue weighted by Gasteiger charge is -2.60. The van der Waals surface area contributed by atoms with Gasteiger partial charge in [0, 0.05) is 6.92 Å². The first-order valence-corrected chi connectivity index (χ1v) is 13.6. The van der Waals surface area contributed by atoms with Gasteiger partial charge in [0.1, 0.15) is 6.10 Å². The average molecular weight is 441 g/mol. The molecular weight excluding hydrogens is 392 g/mol. The fourth-order valence-corrected chi connectivity index (χ4v) is 8.43. The van der Waals surface area contributed by atoms with Gasteiger partial charge in [0.2, 0.25) is 0 Å². The Morgan fingerprint density at radius 3 is 2.50 bits per heavy atom. The van der Waals surface area contributed by atoms with Crippen molar-refractivity contribution in [3.63, 3.8) is 0 Å². The molecule has 3 fully saturated rings. The summed E-state index contributed by atoms with van der Waals surface area (Å²) in [6.07, 6.45) is 17.9. The van der Waals surface area contributed by atoms with Crippen LogP contribution in [0.3, 0.4) is 0 Å². The standard InChI is InChI=1S/C30H48O2/c1-19(2)20(3)8-9-21(4)26-12-13-27-25-11-10-23-18-24(32-22(5)31)14-16-29(23,6)28(25)15-17-30(26,27)7/h8-9,13,19-21,23-26,28H,10-12,14-18H2,1-7H3/b9-8+/t20-,21-,23+,24+,25+,26-,28+,29+,30-/m1/s1. The quantitative estimate of drug-likeness (QED) is 0.320. The molecule has 0 aromatic rings. The Morgan fingerprint density at radius 2 is 1.81 bits per heavy atom. The molecule has 0 heterocycles. The number of hydrogen-bond donors (Lipinski definition) is 0. The van der Waals surface area contributed by atoms with Gasteiger partial charge in [-0.2, -0.15) is 0 Å². The number of ether oxygens (including phenoxy) is 1. The predicted molar refractivity (Wildman–Crippen MR) is 133 cm³/mol.